The summed E-state index contributed by atoms with van der Waals surface area (Å²) in [6.45, 7) is 1.66. The summed E-state index contributed by atoms with van der Waals surface area (Å²) in [5.74, 6) is 1.18. The van der Waals surface area contributed by atoms with Gasteiger partial charge in [0.15, 0.2) is 10.8 Å². The van der Waals surface area contributed by atoms with E-state index < -0.39 is 0 Å². The fourth-order valence-electron chi connectivity index (χ4n) is 1.72. The first kappa shape index (κ1) is 14.8. The molecule has 0 aromatic carbocycles. The van der Waals surface area contributed by atoms with Gasteiger partial charge >= 0.3 is 0 Å². The first-order valence-electron chi connectivity index (χ1n) is 6.17. The maximum Gasteiger partial charge on any atom is 0.230 e. The van der Waals surface area contributed by atoms with Crippen molar-refractivity contribution in [2.24, 2.45) is 0 Å². The van der Waals surface area contributed by atoms with E-state index in [4.69, 9.17) is 14.9 Å². The van der Waals surface area contributed by atoms with Gasteiger partial charge in [-0.15, -0.1) is 11.3 Å². The molecule has 0 saturated carbocycles. The molecule has 0 fully saturated rings. The third-order valence-corrected chi connectivity index (χ3v) is 3.62. The topological polar surface area (TPSA) is 93.9 Å². The molecule has 7 heteroatoms. The number of nitrogens with zero attached hydrogens (tertiary/aromatic N) is 4. The smallest absolute Gasteiger partial charge is 0.230 e. The normalized spacial score (nSPS) is 9.86. The number of aromatic nitrogens is 1. The Hall–Kier alpha value is -2.64. The lowest BCUT2D eigenvalue weighted by Gasteiger charge is -2.14. The molecule has 0 bridgehead atoms. The maximum absolute atomic E-state index is 12.0. The highest BCUT2D eigenvalue weighted by molar-refractivity contribution is 7.13. The number of aryl methyl sites for hydroxylation is 1. The van der Waals surface area contributed by atoms with Crippen LogP contribution in [0.5, 0.6) is 0 Å². The van der Waals surface area contributed by atoms with Crippen molar-refractivity contribution in [2.45, 2.75) is 13.3 Å². The Morgan fingerprint density at radius 3 is 2.67 bits per heavy atom. The zero-order valence-electron chi connectivity index (χ0n) is 11.4. The second kappa shape index (κ2) is 6.69. The molecule has 1 amide bonds. The van der Waals surface area contributed by atoms with Crippen LogP contribution in [-0.2, 0) is 11.2 Å². The van der Waals surface area contributed by atoms with Gasteiger partial charge in [-0.3, -0.25) is 4.79 Å². The Morgan fingerprint density at radius 1 is 1.38 bits per heavy atom. The predicted molar refractivity (Wildman–Crippen MR) is 76.1 cm³/mol. The Kier molecular flexibility index (Phi) is 4.70. The average Bonchev–Trinajstić information content (AvgIpc) is 3.07. The number of carbonyl (C=O) groups is 1. The molecule has 106 valence electrons. The largest absolute Gasteiger partial charge is 0.459 e. The lowest BCUT2D eigenvalue weighted by molar-refractivity contribution is -0.129. The van der Waals surface area contributed by atoms with Crippen LogP contribution in [0.4, 0.5) is 0 Å². The molecule has 0 N–H and O–H groups in total. The van der Waals surface area contributed by atoms with Crippen LogP contribution in [0.2, 0.25) is 0 Å². The van der Waals surface area contributed by atoms with Crippen molar-refractivity contribution in [3.05, 3.63) is 29.0 Å². The Morgan fingerprint density at radius 2 is 2.10 bits per heavy atom. The van der Waals surface area contributed by atoms with Crippen LogP contribution in [0.1, 0.15) is 11.5 Å². The van der Waals surface area contributed by atoms with Crippen LogP contribution >= 0.6 is 11.3 Å². The SMILES string of the molecule is Cc1ccc(-c2nc(CC(=O)N(CC#N)CC#N)cs2)o1. The third kappa shape index (κ3) is 3.68. The van der Waals surface area contributed by atoms with Crippen molar-refractivity contribution >= 4 is 17.2 Å². The van der Waals surface area contributed by atoms with E-state index in [1.807, 2.05) is 31.2 Å². The Bertz CT molecular complexity index is 704. The summed E-state index contributed by atoms with van der Waals surface area (Å²) in [5.41, 5.74) is 0.606. The highest BCUT2D eigenvalue weighted by Gasteiger charge is 2.16. The number of thiazole rings is 1. The quantitative estimate of drug-likeness (QED) is 0.788. The molecule has 2 rings (SSSR count). The first-order valence-corrected chi connectivity index (χ1v) is 7.05. The molecular weight excluding hydrogens is 288 g/mol. The molecule has 0 radical (unpaired) electrons. The van der Waals surface area contributed by atoms with Crippen molar-refractivity contribution in [1.29, 1.82) is 10.5 Å². The number of amides is 1. The number of hydrogen-bond acceptors (Lipinski definition) is 6. The predicted octanol–water partition coefficient (Wildman–Crippen LogP) is 2.13. The van der Waals surface area contributed by atoms with Crippen molar-refractivity contribution in [3.8, 4) is 22.9 Å². The molecule has 0 saturated heterocycles. The Balaban J connectivity index is 2.07. The van der Waals surface area contributed by atoms with Crippen molar-refractivity contribution < 1.29 is 9.21 Å². The van der Waals surface area contributed by atoms with Gasteiger partial charge in [-0.1, -0.05) is 0 Å². The van der Waals surface area contributed by atoms with Gasteiger partial charge in [-0.25, -0.2) is 4.98 Å². The highest BCUT2D eigenvalue weighted by Crippen LogP contribution is 2.25. The lowest BCUT2D eigenvalue weighted by Crippen LogP contribution is -2.33. The van der Waals surface area contributed by atoms with Crippen molar-refractivity contribution in [1.82, 2.24) is 9.88 Å². The molecule has 0 aliphatic carbocycles. The van der Waals surface area contributed by atoms with Crippen molar-refractivity contribution in [2.75, 3.05) is 13.1 Å². The minimum Gasteiger partial charge on any atom is -0.459 e. The Labute approximate surface area is 125 Å². The van der Waals surface area contributed by atoms with Crippen molar-refractivity contribution in [3.63, 3.8) is 0 Å². The summed E-state index contributed by atoms with van der Waals surface area (Å²) in [7, 11) is 0. The monoisotopic (exact) mass is 300 g/mol. The third-order valence-electron chi connectivity index (χ3n) is 2.71. The molecule has 0 aliphatic rings. The van der Waals surface area contributed by atoms with Crippen LogP contribution in [0, 0.1) is 29.6 Å². The van der Waals surface area contributed by atoms with Gasteiger partial charge in [-0.05, 0) is 19.1 Å². The van der Waals surface area contributed by atoms with E-state index >= 15 is 0 Å². The number of nitriles is 2. The van der Waals surface area contributed by atoms with Crippen LogP contribution in [0.3, 0.4) is 0 Å². The summed E-state index contributed by atoms with van der Waals surface area (Å²) in [4.78, 5) is 17.6. The van der Waals surface area contributed by atoms with Gasteiger partial charge in [0.05, 0.1) is 24.3 Å². The van der Waals surface area contributed by atoms with E-state index in [1.165, 1.54) is 16.2 Å². The standard InChI is InChI=1S/C14H12N4O2S/c1-10-2-3-12(20-10)14-17-11(9-21-14)8-13(19)18(6-4-15)7-5-16/h2-3,9H,6-8H2,1H3. The second-order valence-electron chi connectivity index (χ2n) is 4.30. The summed E-state index contributed by atoms with van der Waals surface area (Å²) in [5, 5.41) is 19.8. The van der Waals surface area contributed by atoms with Gasteiger partial charge in [-0.2, -0.15) is 10.5 Å². The van der Waals surface area contributed by atoms with E-state index in [2.05, 4.69) is 4.98 Å². The van der Waals surface area contributed by atoms with Crippen LogP contribution in [0.25, 0.3) is 10.8 Å². The molecular formula is C14H12N4O2S. The molecule has 21 heavy (non-hydrogen) atoms. The molecule has 2 aromatic rings. The van der Waals surface area contributed by atoms with Crippen LogP contribution in [0.15, 0.2) is 21.9 Å². The molecule has 0 unspecified atom stereocenters. The zero-order valence-corrected chi connectivity index (χ0v) is 12.2. The number of hydrogen-bond donors (Lipinski definition) is 0. The fourth-order valence-corrected chi connectivity index (χ4v) is 2.50. The molecule has 0 spiro atoms. The lowest BCUT2D eigenvalue weighted by atomic mass is 10.3. The maximum atomic E-state index is 12.0. The average molecular weight is 300 g/mol. The highest BCUT2D eigenvalue weighted by atomic mass is 32.1. The van der Waals surface area contributed by atoms with E-state index in [1.54, 1.807) is 5.38 Å². The van der Waals surface area contributed by atoms with E-state index in [-0.39, 0.29) is 25.4 Å². The molecule has 0 aliphatic heterocycles. The minimum atomic E-state index is -0.287. The summed E-state index contributed by atoms with van der Waals surface area (Å²) in [6, 6.07) is 7.43. The van der Waals surface area contributed by atoms with E-state index in [9.17, 15) is 4.79 Å². The summed E-state index contributed by atoms with van der Waals surface area (Å²) in [6.07, 6.45) is 0.0690. The van der Waals surface area contributed by atoms with Crippen LogP contribution in [-0.4, -0.2) is 28.9 Å². The summed E-state index contributed by atoms with van der Waals surface area (Å²) < 4.78 is 5.48. The molecule has 6 nitrogen and oxygen atoms in total. The van der Waals surface area contributed by atoms with Gasteiger partial charge < -0.3 is 9.32 Å². The van der Waals surface area contributed by atoms with Gasteiger partial charge in [0.1, 0.15) is 18.8 Å². The van der Waals surface area contributed by atoms with Gasteiger partial charge in [0.2, 0.25) is 5.91 Å². The molecule has 0 atom stereocenters. The number of rotatable bonds is 5. The van der Waals surface area contributed by atoms with Gasteiger partial charge in [0, 0.05) is 5.38 Å². The van der Waals surface area contributed by atoms with E-state index in [0.29, 0.717) is 16.5 Å². The van der Waals surface area contributed by atoms with E-state index in [0.717, 1.165) is 5.76 Å². The number of furan rings is 1. The molecule has 2 heterocycles. The van der Waals surface area contributed by atoms with Crippen LogP contribution < -0.4 is 0 Å². The second-order valence-corrected chi connectivity index (χ2v) is 5.16. The first-order chi connectivity index (χ1) is 10.1. The minimum absolute atomic E-state index is 0.0690. The number of carbonyl (C=O) groups excluding carboxylic acids is 1. The fraction of sp³-hybridized carbons (Fsp3) is 0.286. The molecule has 2 aromatic heterocycles. The summed E-state index contributed by atoms with van der Waals surface area (Å²) >= 11 is 1.39. The zero-order chi connectivity index (χ0) is 15.2. The van der Waals surface area contributed by atoms with Gasteiger partial charge in [0.25, 0.3) is 0 Å².